The highest BCUT2D eigenvalue weighted by Crippen LogP contribution is 2.25. The zero-order valence-corrected chi connectivity index (χ0v) is 18.1. The molecule has 0 radical (unpaired) electrons. The van der Waals surface area contributed by atoms with Gasteiger partial charge in [0.15, 0.2) is 0 Å². The normalized spacial score (nSPS) is 12.2. The SMILES string of the molecule is CC(C)(C)CCCCCCc1cc(CCCCC(C)(C)OC=O)ccc1O. The molecule has 1 aromatic carbocycles. The Balaban J connectivity index is 2.33. The van der Waals surface area contributed by atoms with Crippen LogP contribution in [0.4, 0.5) is 0 Å². The van der Waals surface area contributed by atoms with E-state index in [1.54, 1.807) is 0 Å². The molecule has 0 spiro atoms. The summed E-state index contributed by atoms with van der Waals surface area (Å²) in [4.78, 5) is 10.5. The Labute approximate surface area is 166 Å². The molecular formula is C24H40O3. The number of unbranched alkanes of at least 4 members (excludes halogenated alkanes) is 4. The molecule has 0 unspecified atom stereocenters. The first kappa shape index (κ1) is 23.5. The van der Waals surface area contributed by atoms with Crippen molar-refractivity contribution in [3.8, 4) is 5.75 Å². The quantitative estimate of drug-likeness (QED) is 0.312. The smallest absolute Gasteiger partial charge is 0.293 e. The largest absolute Gasteiger partial charge is 0.508 e. The van der Waals surface area contributed by atoms with Gasteiger partial charge in [0, 0.05) is 0 Å². The average Bonchev–Trinajstić information content (AvgIpc) is 2.56. The van der Waals surface area contributed by atoms with Crippen LogP contribution in [0, 0.1) is 5.41 Å². The second-order valence-electron chi connectivity index (χ2n) is 9.62. The van der Waals surface area contributed by atoms with Crippen molar-refractivity contribution >= 4 is 6.47 Å². The van der Waals surface area contributed by atoms with E-state index in [0.29, 0.717) is 17.6 Å². The van der Waals surface area contributed by atoms with E-state index in [1.165, 1.54) is 31.2 Å². The molecule has 0 amide bonds. The van der Waals surface area contributed by atoms with Crippen molar-refractivity contribution in [1.29, 1.82) is 0 Å². The third-order valence-electron chi connectivity index (χ3n) is 5.13. The maximum atomic E-state index is 10.5. The van der Waals surface area contributed by atoms with Gasteiger partial charge in [-0.25, -0.2) is 0 Å². The molecule has 1 N–H and O–H groups in total. The Morgan fingerprint density at radius 3 is 2.19 bits per heavy atom. The topological polar surface area (TPSA) is 46.5 Å². The van der Waals surface area contributed by atoms with Crippen LogP contribution >= 0.6 is 0 Å². The summed E-state index contributed by atoms with van der Waals surface area (Å²) in [6, 6.07) is 6.02. The fraction of sp³-hybridized carbons (Fsp3) is 0.708. The van der Waals surface area contributed by atoms with Crippen LogP contribution in [0.15, 0.2) is 18.2 Å². The van der Waals surface area contributed by atoms with Gasteiger partial charge in [-0.3, -0.25) is 4.79 Å². The van der Waals surface area contributed by atoms with Crippen LogP contribution in [0.1, 0.15) is 97.1 Å². The fourth-order valence-corrected chi connectivity index (χ4v) is 3.39. The maximum absolute atomic E-state index is 10.5. The number of phenols is 1. The summed E-state index contributed by atoms with van der Waals surface area (Å²) in [7, 11) is 0. The summed E-state index contributed by atoms with van der Waals surface area (Å²) < 4.78 is 5.09. The van der Waals surface area contributed by atoms with Gasteiger partial charge in [0.25, 0.3) is 6.47 Å². The predicted octanol–water partition coefficient (Wildman–Crippen LogP) is 6.60. The van der Waals surface area contributed by atoms with E-state index in [2.05, 4.69) is 26.8 Å². The first-order valence-corrected chi connectivity index (χ1v) is 10.6. The Bertz CT molecular complexity index is 555. The summed E-state index contributed by atoms with van der Waals surface area (Å²) in [6.45, 7) is 11.3. The summed E-state index contributed by atoms with van der Waals surface area (Å²) in [5.74, 6) is 0.425. The molecular weight excluding hydrogens is 336 g/mol. The second-order valence-corrected chi connectivity index (χ2v) is 9.62. The minimum atomic E-state index is -0.380. The molecule has 3 heteroatoms. The monoisotopic (exact) mass is 376 g/mol. The van der Waals surface area contributed by atoms with Crippen LogP contribution in [-0.2, 0) is 22.4 Å². The molecule has 3 nitrogen and oxygen atoms in total. The van der Waals surface area contributed by atoms with Crippen LogP contribution in [0.25, 0.3) is 0 Å². The molecule has 1 rings (SSSR count). The molecule has 0 atom stereocenters. The molecule has 1 aromatic rings. The van der Waals surface area contributed by atoms with Gasteiger partial charge in [-0.2, -0.15) is 0 Å². The average molecular weight is 377 g/mol. The van der Waals surface area contributed by atoms with Crippen molar-refractivity contribution in [2.45, 2.75) is 104 Å². The molecule has 0 saturated heterocycles. The number of hydrogen-bond acceptors (Lipinski definition) is 3. The lowest BCUT2D eigenvalue weighted by molar-refractivity contribution is -0.140. The number of aryl methyl sites for hydroxylation is 2. The van der Waals surface area contributed by atoms with Crippen molar-refractivity contribution in [3.63, 3.8) is 0 Å². The summed E-state index contributed by atoms with van der Waals surface area (Å²) in [6.07, 6.45) is 11.1. The molecule has 0 aliphatic rings. The molecule has 0 fully saturated rings. The van der Waals surface area contributed by atoms with E-state index in [1.807, 2.05) is 26.0 Å². The molecule has 27 heavy (non-hydrogen) atoms. The Morgan fingerprint density at radius 2 is 1.52 bits per heavy atom. The number of carbonyl (C=O) groups is 1. The highest BCUT2D eigenvalue weighted by Gasteiger charge is 2.17. The first-order valence-electron chi connectivity index (χ1n) is 10.6. The number of phenolic OH excluding ortho intramolecular Hbond substituents is 1. The van der Waals surface area contributed by atoms with Crippen LogP contribution in [-0.4, -0.2) is 17.2 Å². The van der Waals surface area contributed by atoms with Gasteiger partial charge in [0.05, 0.1) is 0 Å². The van der Waals surface area contributed by atoms with E-state index in [-0.39, 0.29) is 5.60 Å². The predicted molar refractivity (Wildman–Crippen MR) is 113 cm³/mol. The number of aromatic hydroxyl groups is 1. The van der Waals surface area contributed by atoms with E-state index in [4.69, 9.17) is 4.74 Å². The fourth-order valence-electron chi connectivity index (χ4n) is 3.39. The van der Waals surface area contributed by atoms with Gasteiger partial charge in [-0.1, -0.05) is 52.2 Å². The van der Waals surface area contributed by atoms with Crippen molar-refractivity contribution in [2.75, 3.05) is 0 Å². The van der Waals surface area contributed by atoms with Crippen LogP contribution < -0.4 is 0 Å². The third kappa shape index (κ3) is 11.0. The zero-order chi connectivity index (χ0) is 20.3. The molecule has 0 bridgehead atoms. The molecule has 0 aromatic heterocycles. The van der Waals surface area contributed by atoms with Crippen molar-refractivity contribution < 1.29 is 14.6 Å². The zero-order valence-electron chi connectivity index (χ0n) is 18.1. The van der Waals surface area contributed by atoms with Gasteiger partial charge in [0.2, 0.25) is 0 Å². The van der Waals surface area contributed by atoms with Crippen LogP contribution in [0.2, 0.25) is 0 Å². The molecule has 0 heterocycles. The Hall–Kier alpha value is -1.51. The lowest BCUT2D eigenvalue weighted by atomic mass is 9.89. The lowest BCUT2D eigenvalue weighted by Gasteiger charge is -2.22. The highest BCUT2D eigenvalue weighted by molar-refractivity contribution is 5.38. The van der Waals surface area contributed by atoms with Crippen molar-refractivity contribution in [1.82, 2.24) is 0 Å². The van der Waals surface area contributed by atoms with Gasteiger partial charge in [-0.05, 0) is 81.4 Å². The molecule has 0 aliphatic carbocycles. The number of hydrogen-bond donors (Lipinski definition) is 1. The van der Waals surface area contributed by atoms with E-state index < -0.39 is 0 Å². The minimum Gasteiger partial charge on any atom is -0.508 e. The van der Waals surface area contributed by atoms with Gasteiger partial charge >= 0.3 is 0 Å². The number of ether oxygens (including phenoxy) is 1. The lowest BCUT2D eigenvalue weighted by Crippen LogP contribution is -2.23. The first-order chi connectivity index (χ1) is 12.6. The van der Waals surface area contributed by atoms with E-state index in [0.717, 1.165) is 44.1 Å². The molecule has 0 saturated carbocycles. The van der Waals surface area contributed by atoms with E-state index >= 15 is 0 Å². The van der Waals surface area contributed by atoms with Crippen molar-refractivity contribution in [2.24, 2.45) is 5.41 Å². The molecule has 154 valence electrons. The molecule has 0 aliphatic heterocycles. The second kappa shape index (κ2) is 11.4. The summed E-state index contributed by atoms with van der Waals surface area (Å²) >= 11 is 0. The maximum Gasteiger partial charge on any atom is 0.293 e. The Morgan fingerprint density at radius 1 is 0.889 bits per heavy atom. The number of rotatable bonds is 13. The third-order valence-corrected chi connectivity index (χ3v) is 5.13. The van der Waals surface area contributed by atoms with Crippen molar-refractivity contribution in [3.05, 3.63) is 29.3 Å². The minimum absolute atomic E-state index is 0.380. The van der Waals surface area contributed by atoms with Crippen LogP contribution in [0.5, 0.6) is 5.75 Å². The van der Waals surface area contributed by atoms with Gasteiger partial charge in [-0.15, -0.1) is 0 Å². The van der Waals surface area contributed by atoms with Gasteiger partial charge < -0.3 is 9.84 Å². The van der Waals surface area contributed by atoms with Crippen LogP contribution in [0.3, 0.4) is 0 Å². The number of benzene rings is 1. The summed E-state index contributed by atoms with van der Waals surface area (Å²) in [5.41, 5.74) is 2.41. The highest BCUT2D eigenvalue weighted by atomic mass is 16.5. The number of carbonyl (C=O) groups excluding carboxylic acids is 1. The van der Waals surface area contributed by atoms with Gasteiger partial charge in [0.1, 0.15) is 11.4 Å². The Kier molecular flexibility index (Phi) is 9.90. The van der Waals surface area contributed by atoms with E-state index in [9.17, 15) is 9.90 Å². The summed E-state index contributed by atoms with van der Waals surface area (Å²) in [5, 5.41) is 10.1. The standard InChI is InChI=1S/C24H40O3/c1-23(2,3)16-10-7-6-8-13-21-18-20(14-15-22(21)26)12-9-11-17-24(4,5)27-19-25/h14-15,18-19,26H,6-13,16-17H2,1-5H3.